The Bertz CT molecular complexity index is 1030. The fourth-order valence-electron chi connectivity index (χ4n) is 3.16. The molecule has 4 rings (SSSR count). The topological polar surface area (TPSA) is 89.4 Å². The van der Waals surface area contributed by atoms with Gasteiger partial charge in [-0.25, -0.2) is 4.98 Å². The van der Waals surface area contributed by atoms with Gasteiger partial charge < -0.3 is 15.0 Å². The van der Waals surface area contributed by atoms with Crippen LogP contribution < -0.4 is 5.32 Å². The molecule has 1 aromatic carbocycles. The van der Waals surface area contributed by atoms with E-state index in [1.807, 2.05) is 32.0 Å². The molecule has 2 aromatic heterocycles. The highest BCUT2D eigenvalue weighted by Gasteiger charge is 2.30. The van der Waals surface area contributed by atoms with Gasteiger partial charge in [-0.1, -0.05) is 0 Å². The number of thiazole rings is 1. The van der Waals surface area contributed by atoms with Gasteiger partial charge in [0.05, 0.1) is 40.1 Å². The van der Waals surface area contributed by atoms with E-state index < -0.39 is 6.10 Å². The number of carbonyl (C=O) groups is 2. The second-order valence-corrected chi connectivity index (χ2v) is 7.83. The number of aromatic nitrogens is 3. The van der Waals surface area contributed by atoms with Crippen LogP contribution in [0.1, 0.15) is 22.3 Å². The third-order valence-electron chi connectivity index (χ3n) is 4.61. The van der Waals surface area contributed by atoms with E-state index in [1.165, 1.54) is 0 Å². The van der Waals surface area contributed by atoms with Crippen molar-refractivity contribution < 1.29 is 14.3 Å². The zero-order valence-corrected chi connectivity index (χ0v) is 16.5. The molecule has 3 heterocycles. The number of ether oxygens (including phenoxy) is 1. The number of nitrogens with one attached hydrogen (secondary N) is 1. The van der Waals surface area contributed by atoms with E-state index >= 15 is 0 Å². The van der Waals surface area contributed by atoms with Crippen molar-refractivity contribution in [3.63, 3.8) is 0 Å². The Kier molecular flexibility index (Phi) is 5.10. The molecule has 28 heavy (non-hydrogen) atoms. The Labute approximate surface area is 166 Å². The van der Waals surface area contributed by atoms with Gasteiger partial charge in [-0.3, -0.25) is 14.3 Å². The summed E-state index contributed by atoms with van der Waals surface area (Å²) in [6.07, 6.45) is 2.57. The van der Waals surface area contributed by atoms with Gasteiger partial charge in [0.25, 0.3) is 11.8 Å². The van der Waals surface area contributed by atoms with Crippen molar-refractivity contribution >= 4 is 39.1 Å². The lowest BCUT2D eigenvalue weighted by Crippen LogP contribution is -2.50. The maximum atomic E-state index is 12.7. The minimum Gasteiger partial charge on any atom is -0.365 e. The number of fused-ring (bicyclic) bond motifs is 1. The Morgan fingerprint density at radius 1 is 1.39 bits per heavy atom. The van der Waals surface area contributed by atoms with Crippen LogP contribution in [-0.4, -0.2) is 57.3 Å². The monoisotopic (exact) mass is 399 g/mol. The maximum Gasteiger partial charge on any atom is 0.257 e. The number of anilines is 1. The average molecular weight is 399 g/mol. The molecule has 8 nitrogen and oxygen atoms in total. The number of carbonyl (C=O) groups excluding carboxylic acids is 2. The number of aryl methyl sites for hydroxylation is 2. The fourth-order valence-corrected chi connectivity index (χ4v) is 4.03. The first-order valence-electron chi connectivity index (χ1n) is 9.15. The van der Waals surface area contributed by atoms with Gasteiger partial charge in [0.15, 0.2) is 6.10 Å². The van der Waals surface area contributed by atoms with Crippen molar-refractivity contribution in [2.75, 3.05) is 25.0 Å². The number of morpholine rings is 1. The molecule has 0 bridgehead atoms. The second-order valence-electron chi connectivity index (χ2n) is 6.60. The van der Waals surface area contributed by atoms with Gasteiger partial charge in [-0.15, -0.1) is 11.3 Å². The molecule has 1 unspecified atom stereocenters. The lowest BCUT2D eigenvalue weighted by atomic mass is 10.2. The highest BCUT2D eigenvalue weighted by atomic mass is 32.1. The summed E-state index contributed by atoms with van der Waals surface area (Å²) in [5.74, 6) is -0.398. The summed E-state index contributed by atoms with van der Waals surface area (Å²) in [7, 11) is 0. The molecule has 3 aromatic rings. The summed E-state index contributed by atoms with van der Waals surface area (Å²) in [6.45, 7) is 5.59. The molecule has 2 amide bonds. The molecule has 0 aliphatic carbocycles. The number of nitrogens with zero attached hydrogens (tertiary/aromatic N) is 4. The lowest BCUT2D eigenvalue weighted by Gasteiger charge is -2.32. The van der Waals surface area contributed by atoms with E-state index in [2.05, 4.69) is 15.4 Å². The third-order valence-corrected chi connectivity index (χ3v) is 5.55. The number of amides is 2. The highest BCUT2D eigenvalue weighted by Crippen LogP contribution is 2.25. The molecule has 0 radical (unpaired) electrons. The number of hydrogen-bond acceptors (Lipinski definition) is 6. The van der Waals surface area contributed by atoms with Crippen LogP contribution in [0.2, 0.25) is 0 Å². The number of benzene rings is 1. The smallest absolute Gasteiger partial charge is 0.257 e. The van der Waals surface area contributed by atoms with E-state index in [9.17, 15) is 9.59 Å². The van der Waals surface area contributed by atoms with Crippen molar-refractivity contribution in [3.8, 4) is 0 Å². The summed E-state index contributed by atoms with van der Waals surface area (Å²) in [6, 6.07) is 5.62. The molecule has 1 saturated heterocycles. The summed E-state index contributed by atoms with van der Waals surface area (Å²) in [5, 5.41) is 8.01. The van der Waals surface area contributed by atoms with Crippen LogP contribution in [0.5, 0.6) is 0 Å². The number of rotatable bonds is 4. The Balaban J connectivity index is 1.42. The molecule has 9 heteroatoms. The van der Waals surface area contributed by atoms with Crippen molar-refractivity contribution in [1.82, 2.24) is 19.7 Å². The largest absolute Gasteiger partial charge is 0.365 e. The van der Waals surface area contributed by atoms with Crippen LogP contribution in [0.25, 0.3) is 10.2 Å². The molecule has 1 N–H and O–H groups in total. The normalized spacial score (nSPS) is 17.1. The minimum absolute atomic E-state index is 0.137. The first kappa shape index (κ1) is 18.6. The Hall–Kier alpha value is -2.78. The molecule has 1 atom stereocenters. The van der Waals surface area contributed by atoms with Crippen molar-refractivity contribution in [1.29, 1.82) is 0 Å². The van der Waals surface area contributed by atoms with Crippen molar-refractivity contribution in [2.45, 2.75) is 26.5 Å². The predicted octanol–water partition coefficient (Wildman–Crippen LogP) is 2.30. The van der Waals surface area contributed by atoms with Crippen LogP contribution in [0, 0.1) is 6.92 Å². The van der Waals surface area contributed by atoms with E-state index in [0.717, 1.165) is 15.2 Å². The standard InChI is InChI=1S/C19H21N5O3S/c1-3-24-10-13(9-20-24)19(26)23-6-7-27-16(11-23)18(25)22-14-4-5-15-17(8-14)28-12(2)21-15/h4-5,8-10,16H,3,6-7,11H2,1-2H3,(H,22,25). The van der Waals surface area contributed by atoms with Gasteiger partial charge >= 0.3 is 0 Å². The summed E-state index contributed by atoms with van der Waals surface area (Å²) in [5.41, 5.74) is 2.13. The van der Waals surface area contributed by atoms with Gasteiger partial charge in [-0.05, 0) is 32.0 Å². The van der Waals surface area contributed by atoms with Crippen LogP contribution in [0.15, 0.2) is 30.6 Å². The predicted molar refractivity (Wildman–Crippen MR) is 107 cm³/mol. The SMILES string of the molecule is CCn1cc(C(=O)N2CCOC(C(=O)Nc3ccc4nc(C)sc4c3)C2)cn1. The lowest BCUT2D eigenvalue weighted by molar-refractivity contribution is -0.131. The number of hydrogen-bond donors (Lipinski definition) is 1. The zero-order valence-electron chi connectivity index (χ0n) is 15.7. The van der Waals surface area contributed by atoms with E-state index in [1.54, 1.807) is 33.3 Å². The van der Waals surface area contributed by atoms with E-state index in [4.69, 9.17) is 4.74 Å². The summed E-state index contributed by atoms with van der Waals surface area (Å²) < 4.78 is 8.33. The van der Waals surface area contributed by atoms with E-state index in [-0.39, 0.29) is 18.4 Å². The fraction of sp³-hybridized carbons (Fsp3) is 0.368. The Morgan fingerprint density at radius 3 is 3.04 bits per heavy atom. The zero-order chi connectivity index (χ0) is 19.7. The third kappa shape index (κ3) is 3.76. The average Bonchev–Trinajstić information content (AvgIpc) is 3.32. The first-order chi connectivity index (χ1) is 13.5. The molecular weight excluding hydrogens is 378 g/mol. The summed E-state index contributed by atoms with van der Waals surface area (Å²) >= 11 is 1.58. The molecule has 146 valence electrons. The molecule has 1 aliphatic heterocycles. The van der Waals surface area contributed by atoms with Gasteiger partial charge in [0.1, 0.15) is 0 Å². The van der Waals surface area contributed by atoms with Gasteiger partial charge in [0.2, 0.25) is 0 Å². The molecule has 1 aliphatic rings. The van der Waals surface area contributed by atoms with Gasteiger partial charge in [-0.2, -0.15) is 5.10 Å². The Morgan fingerprint density at radius 2 is 2.25 bits per heavy atom. The maximum absolute atomic E-state index is 12.7. The second kappa shape index (κ2) is 7.69. The molecular formula is C19H21N5O3S. The first-order valence-corrected chi connectivity index (χ1v) is 9.96. The molecule has 1 fully saturated rings. The van der Waals surface area contributed by atoms with Gasteiger partial charge in [0, 0.05) is 25.0 Å². The highest BCUT2D eigenvalue weighted by molar-refractivity contribution is 7.18. The van der Waals surface area contributed by atoms with Crippen LogP contribution in [0.4, 0.5) is 5.69 Å². The molecule has 0 spiro atoms. The molecule has 0 saturated carbocycles. The summed E-state index contributed by atoms with van der Waals surface area (Å²) in [4.78, 5) is 31.4. The van der Waals surface area contributed by atoms with Crippen LogP contribution in [-0.2, 0) is 16.1 Å². The van der Waals surface area contributed by atoms with E-state index in [0.29, 0.717) is 30.9 Å². The minimum atomic E-state index is -0.710. The van der Waals surface area contributed by atoms with Crippen LogP contribution in [0.3, 0.4) is 0 Å². The van der Waals surface area contributed by atoms with Crippen LogP contribution >= 0.6 is 11.3 Å². The van der Waals surface area contributed by atoms with Crippen molar-refractivity contribution in [2.24, 2.45) is 0 Å². The quantitative estimate of drug-likeness (QED) is 0.727. The van der Waals surface area contributed by atoms with Crippen molar-refractivity contribution in [3.05, 3.63) is 41.2 Å².